The van der Waals surface area contributed by atoms with Crippen LogP contribution in [0.5, 0.6) is 5.75 Å². The van der Waals surface area contributed by atoms with E-state index in [1.165, 1.54) is 0 Å². The summed E-state index contributed by atoms with van der Waals surface area (Å²) in [5, 5.41) is 3.30. The van der Waals surface area contributed by atoms with Crippen molar-refractivity contribution in [3.8, 4) is 5.75 Å². The first-order valence-electron chi connectivity index (χ1n) is 7.27. The van der Waals surface area contributed by atoms with Crippen LogP contribution in [0.4, 0.5) is 0 Å². The number of nitrogens with one attached hydrogen (secondary N) is 1. The predicted octanol–water partition coefficient (Wildman–Crippen LogP) is 3.66. The van der Waals surface area contributed by atoms with Crippen LogP contribution in [0.1, 0.15) is 18.1 Å². The van der Waals surface area contributed by atoms with Crippen LogP contribution in [0.15, 0.2) is 59.2 Å². The van der Waals surface area contributed by atoms with Gasteiger partial charge in [-0.25, -0.2) is 4.99 Å². The first-order valence-corrected chi connectivity index (χ1v) is 7.64. The summed E-state index contributed by atoms with van der Waals surface area (Å²) in [5.41, 5.74) is 1.93. The lowest BCUT2D eigenvalue weighted by Crippen LogP contribution is -2.24. The lowest BCUT2D eigenvalue weighted by molar-refractivity contribution is -0.115. The van der Waals surface area contributed by atoms with E-state index in [0.717, 1.165) is 11.3 Å². The quantitative estimate of drug-likeness (QED) is 0.872. The molecule has 5 heteroatoms. The number of nitrogens with zero attached hydrogens (tertiary/aromatic N) is 1. The highest BCUT2D eigenvalue weighted by molar-refractivity contribution is 6.35. The van der Waals surface area contributed by atoms with E-state index in [2.05, 4.69) is 10.3 Å². The number of hydrogen-bond acceptors (Lipinski definition) is 3. The fraction of sp³-hybridized carbons (Fsp3) is 0.111. The Hall–Kier alpha value is -2.59. The highest BCUT2D eigenvalue weighted by atomic mass is 35.5. The van der Waals surface area contributed by atoms with E-state index < -0.39 is 0 Å². The van der Waals surface area contributed by atoms with Gasteiger partial charge >= 0.3 is 0 Å². The molecule has 23 heavy (non-hydrogen) atoms. The minimum absolute atomic E-state index is 0.242. The second-order valence-corrected chi connectivity index (χ2v) is 5.33. The summed E-state index contributed by atoms with van der Waals surface area (Å²) in [6.45, 7) is 2.55. The van der Waals surface area contributed by atoms with Crippen LogP contribution in [0.3, 0.4) is 0 Å². The maximum absolute atomic E-state index is 12.1. The Balaban J connectivity index is 1.87. The van der Waals surface area contributed by atoms with Gasteiger partial charge in [0, 0.05) is 5.56 Å². The lowest BCUT2D eigenvalue weighted by atomic mass is 10.2. The molecule has 0 bridgehead atoms. The van der Waals surface area contributed by atoms with E-state index in [0.29, 0.717) is 28.7 Å². The van der Waals surface area contributed by atoms with Crippen molar-refractivity contribution in [2.75, 3.05) is 6.61 Å². The molecule has 1 N–H and O–H groups in total. The molecule has 0 saturated heterocycles. The third-order valence-corrected chi connectivity index (χ3v) is 3.65. The van der Waals surface area contributed by atoms with Crippen molar-refractivity contribution < 1.29 is 9.53 Å². The molecule has 0 aromatic heterocycles. The van der Waals surface area contributed by atoms with Crippen molar-refractivity contribution in [2.45, 2.75) is 6.92 Å². The molecule has 4 nitrogen and oxygen atoms in total. The molecule has 0 aliphatic carbocycles. The SMILES string of the molecule is CCOc1ccc(C=C2N=C(c3ccccc3Cl)NC2=O)cc1. The number of hydrogen-bond donors (Lipinski definition) is 1. The molecule has 0 radical (unpaired) electrons. The number of halogens is 1. The standard InChI is InChI=1S/C18H15ClN2O2/c1-2-23-13-9-7-12(8-10-13)11-16-18(22)21-17(20-16)14-5-3-4-6-15(14)19/h3-11H,2H2,1H3,(H,20,21,22). The van der Waals surface area contributed by atoms with Gasteiger partial charge in [0.05, 0.1) is 11.6 Å². The van der Waals surface area contributed by atoms with E-state index >= 15 is 0 Å². The van der Waals surface area contributed by atoms with Gasteiger partial charge in [-0.15, -0.1) is 0 Å². The molecule has 3 rings (SSSR count). The van der Waals surface area contributed by atoms with Crippen molar-refractivity contribution in [3.63, 3.8) is 0 Å². The van der Waals surface area contributed by atoms with E-state index in [1.807, 2.05) is 49.4 Å². The van der Waals surface area contributed by atoms with Gasteiger partial charge in [0.1, 0.15) is 17.3 Å². The highest BCUT2D eigenvalue weighted by Crippen LogP contribution is 2.21. The Bertz CT molecular complexity index is 795. The second-order valence-electron chi connectivity index (χ2n) is 4.93. The Morgan fingerprint density at radius 3 is 2.61 bits per heavy atom. The summed E-state index contributed by atoms with van der Waals surface area (Å²) in [6, 6.07) is 14.8. The smallest absolute Gasteiger partial charge is 0.275 e. The minimum Gasteiger partial charge on any atom is -0.494 e. The third-order valence-electron chi connectivity index (χ3n) is 3.32. The number of amides is 1. The van der Waals surface area contributed by atoms with Crippen molar-refractivity contribution in [1.82, 2.24) is 5.32 Å². The number of ether oxygens (including phenoxy) is 1. The zero-order valence-corrected chi connectivity index (χ0v) is 13.3. The predicted molar refractivity (Wildman–Crippen MR) is 91.7 cm³/mol. The average molecular weight is 327 g/mol. The maximum Gasteiger partial charge on any atom is 0.275 e. The molecule has 0 spiro atoms. The molecule has 1 aliphatic heterocycles. The van der Waals surface area contributed by atoms with E-state index in [4.69, 9.17) is 16.3 Å². The van der Waals surface area contributed by atoms with Crippen molar-refractivity contribution in [2.24, 2.45) is 4.99 Å². The van der Waals surface area contributed by atoms with Crippen LogP contribution in [0, 0.1) is 0 Å². The zero-order valence-electron chi connectivity index (χ0n) is 12.5. The first-order chi connectivity index (χ1) is 11.2. The molecule has 1 amide bonds. The van der Waals surface area contributed by atoms with Crippen LogP contribution in [0.2, 0.25) is 5.02 Å². The maximum atomic E-state index is 12.1. The van der Waals surface area contributed by atoms with Crippen LogP contribution in [-0.2, 0) is 4.79 Å². The van der Waals surface area contributed by atoms with Gasteiger partial charge in [0.25, 0.3) is 5.91 Å². The topological polar surface area (TPSA) is 50.7 Å². The van der Waals surface area contributed by atoms with Gasteiger partial charge in [-0.05, 0) is 42.8 Å². The van der Waals surface area contributed by atoms with Crippen LogP contribution >= 0.6 is 11.6 Å². The molecule has 1 aliphatic rings. The monoisotopic (exact) mass is 326 g/mol. The number of rotatable bonds is 4. The van der Waals surface area contributed by atoms with E-state index in [-0.39, 0.29) is 5.91 Å². The summed E-state index contributed by atoms with van der Waals surface area (Å²) >= 11 is 6.14. The van der Waals surface area contributed by atoms with Gasteiger partial charge in [0.2, 0.25) is 0 Å². The second kappa shape index (κ2) is 6.67. The Morgan fingerprint density at radius 1 is 1.17 bits per heavy atom. The van der Waals surface area contributed by atoms with Gasteiger partial charge in [0.15, 0.2) is 0 Å². The Labute approximate surface area is 139 Å². The van der Waals surface area contributed by atoms with Crippen LogP contribution in [-0.4, -0.2) is 18.3 Å². The average Bonchev–Trinajstić information content (AvgIpc) is 2.91. The molecule has 1 heterocycles. The van der Waals surface area contributed by atoms with Crippen molar-refractivity contribution >= 4 is 29.4 Å². The molecular formula is C18H15ClN2O2. The molecule has 116 valence electrons. The normalized spacial score (nSPS) is 15.5. The largest absolute Gasteiger partial charge is 0.494 e. The van der Waals surface area contributed by atoms with E-state index in [9.17, 15) is 4.79 Å². The molecular weight excluding hydrogens is 312 g/mol. The van der Waals surface area contributed by atoms with Gasteiger partial charge < -0.3 is 10.1 Å². The molecule has 2 aromatic carbocycles. The minimum atomic E-state index is -0.242. The Morgan fingerprint density at radius 2 is 1.91 bits per heavy atom. The summed E-state index contributed by atoms with van der Waals surface area (Å²) in [7, 11) is 0. The third kappa shape index (κ3) is 3.43. The lowest BCUT2D eigenvalue weighted by Gasteiger charge is -2.02. The van der Waals surface area contributed by atoms with E-state index in [1.54, 1.807) is 12.1 Å². The number of amidine groups is 1. The molecule has 2 aromatic rings. The van der Waals surface area contributed by atoms with Crippen LogP contribution in [0.25, 0.3) is 6.08 Å². The zero-order chi connectivity index (χ0) is 16.2. The molecule has 0 unspecified atom stereocenters. The summed E-state index contributed by atoms with van der Waals surface area (Å²) < 4.78 is 5.40. The van der Waals surface area contributed by atoms with Gasteiger partial charge in [-0.1, -0.05) is 35.9 Å². The molecule has 0 atom stereocenters. The summed E-state index contributed by atoms with van der Waals surface area (Å²) in [5.74, 6) is 1.03. The molecule has 0 fully saturated rings. The highest BCUT2D eigenvalue weighted by Gasteiger charge is 2.22. The first kappa shape index (κ1) is 15.3. The summed E-state index contributed by atoms with van der Waals surface area (Å²) in [6.07, 6.45) is 1.73. The number of benzene rings is 2. The fourth-order valence-electron chi connectivity index (χ4n) is 2.23. The summed E-state index contributed by atoms with van der Waals surface area (Å²) in [4.78, 5) is 16.4. The fourth-order valence-corrected chi connectivity index (χ4v) is 2.46. The van der Waals surface area contributed by atoms with Gasteiger partial charge in [-0.2, -0.15) is 0 Å². The van der Waals surface area contributed by atoms with Gasteiger partial charge in [-0.3, -0.25) is 4.79 Å². The van der Waals surface area contributed by atoms with Crippen molar-refractivity contribution in [3.05, 3.63) is 70.4 Å². The Kier molecular flexibility index (Phi) is 4.44. The van der Waals surface area contributed by atoms with Crippen LogP contribution < -0.4 is 10.1 Å². The molecule has 0 saturated carbocycles. The number of carbonyl (C=O) groups is 1. The number of carbonyl (C=O) groups excluding carboxylic acids is 1. The number of aliphatic imine (C=N–C) groups is 1. The van der Waals surface area contributed by atoms with Crippen molar-refractivity contribution in [1.29, 1.82) is 0 Å².